The molecular weight excluding hydrogens is 198 g/mol. The number of likely N-dealkylation sites (tertiary alicyclic amines) is 1. The van der Waals surface area contributed by atoms with E-state index in [9.17, 15) is 14.4 Å². The molecule has 0 spiro atoms. The fraction of sp³-hybridized carbons (Fsp3) is 0.700. The van der Waals surface area contributed by atoms with Gasteiger partial charge in [0.1, 0.15) is 0 Å². The van der Waals surface area contributed by atoms with Crippen LogP contribution in [0.4, 0.5) is 0 Å². The number of imide groups is 1. The molecule has 1 saturated carbocycles. The number of hydrogen-bond acceptors (Lipinski definition) is 3. The zero-order chi connectivity index (χ0) is 11.2. The van der Waals surface area contributed by atoms with Crippen LogP contribution in [0.25, 0.3) is 0 Å². The quantitative estimate of drug-likeness (QED) is 0.672. The lowest BCUT2D eigenvalue weighted by molar-refractivity contribution is -0.145. The summed E-state index contributed by atoms with van der Waals surface area (Å²) >= 11 is 0. The minimum absolute atomic E-state index is 0.0139. The van der Waals surface area contributed by atoms with Gasteiger partial charge in [0.15, 0.2) is 0 Å². The highest BCUT2D eigenvalue weighted by atomic mass is 16.4. The first-order valence-corrected chi connectivity index (χ1v) is 5.10. The van der Waals surface area contributed by atoms with Crippen LogP contribution in [0.15, 0.2) is 0 Å². The van der Waals surface area contributed by atoms with Gasteiger partial charge < -0.3 is 5.11 Å². The number of carbonyl (C=O) groups excluding carboxylic acids is 2. The van der Waals surface area contributed by atoms with Crippen molar-refractivity contribution in [2.75, 3.05) is 6.54 Å². The van der Waals surface area contributed by atoms with Crippen LogP contribution in [0.1, 0.15) is 19.8 Å². The Morgan fingerprint density at radius 2 is 1.87 bits per heavy atom. The summed E-state index contributed by atoms with van der Waals surface area (Å²) in [7, 11) is 0. The van der Waals surface area contributed by atoms with Crippen molar-refractivity contribution in [2.45, 2.75) is 19.8 Å². The summed E-state index contributed by atoms with van der Waals surface area (Å²) in [6, 6.07) is 0. The van der Waals surface area contributed by atoms with Gasteiger partial charge in [0.2, 0.25) is 11.8 Å². The third-order valence-corrected chi connectivity index (χ3v) is 3.32. The van der Waals surface area contributed by atoms with E-state index < -0.39 is 11.9 Å². The number of rotatable bonds is 3. The van der Waals surface area contributed by atoms with Gasteiger partial charge in [-0.15, -0.1) is 0 Å². The lowest BCUT2D eigenvalue weighted by Crippen LogP contribution is -2.36. The summed E-state index contributed by atoms with van der Waals surface area (Å²) in [6.07, 6.45) is 1.54. The number of carbonyl (C=O) groups is 3. The van der Waals surface area contributed by atoms with Crippen molar-refractivity contribution in [3.05, 3.63) is 0 Å². The highest BCUT2D eigenvalue weighted by molar-refractivity contribution is 6.06. The summed E-state index contributed by atoms with van der Waals surface area (Å²) in [5, 5.41) is 8.71. The maximum Gasteiger partial charge on any atom is 0.308 e. The van der Waals surface area contributed by atoms with Crippen molar-refractivity contribution < 1.29 is 19.5 Å². The number of carboxylic acid groups (broad SMARTS) is 1. The number of nitrogens with zero attached hydrogens (tertiary/aromatic N) is 1. The molecule has 3 atom stereocenters. The highest BCUT2D eigenvalue weighted by Gasteiger charge is 2.52. The van der Waals surface area contributed by atoms with E-state index in [-0.39, 0.29) is 30.2 Å². The Morgan fingerprint density at radius 3 is 2.20 bits per heavy atom. The molecule has 0 aromatic heterocycles. The van der Waals surface area contributed by atoms with Crippen LogP contribution >= 0.6 is 0 Å². The normalized spacial score (nSPS) is 31.1. The fourth-order valence-electron chi connectivity index (χ4n) is 2.13. The molecule has 2 amide bonds. The zero-order valence-electron chi connectivity index (χ0n) is 8.47. The van der Waals surface area contributed by atoms with Gasteiger partial charge in [-0.25, -0.2) is 0 Å². The highest BCUT2D eigenvalue weighted by Crippen LogP contribution is 2.42. The summed E-state index contributed by atoms with van der Waals surface area (Å²) in [5.41, 5.74) is 0. The summed E-state index contributed by atoms with van der Waals surface area (Å²) in [4.78, 5) is 35.1. The van der Waals surface area contributed by atoms with Gasteiger partial charge in [0.25, 0.3) is 0 Å². The molecular formula is C10H13NO4. The van der Waals surface area contributed by atoms with Gasteiger partial charge in [0, 0.05) is 6.54 Å². The molecule has 1 unspecified atom stereocenters. The van der Waals surface area contributed by atoms with E-state index in [1.54, 1.807) is 0 Å². The Morgan fingerprint density at radius 1 is 1.40 bits per heavy atom. The molecule has 1 saturated heterocycles. The molecule has 1 aliphatic heterocycles. The first-order chi connectivity index (χ1) is 7.02. The van der Waals surface area contributed by atoms with Crippen molar-refractivity contribution in [3.63, 3.8) is 0 Å². The monoisotopic (exact) mass is 211 g/mol. The summed E-state index contributed by atoms with van der Waals surface area (Å²) in [5.74, 6) is -2.32. The van der Waals surface area contributed by atoms with Crippen LogP contribution in [0.2, 0.25) is 0 Å². The largest absolute Gasteiger partial charge is 0.481 e. The summed E-state index contributed by atoms with van der Waals surface area (Å²) < 4.78 is 0. The van der Waals surface area contributed by atoms with Crippen LogP contribution < -0.4 is 0 Å². The van der Waals surface area contributed by atoms with Crippen LogP contribution in [0.3, 0.4) is 0 Å². The molecule has 2 fully saturated rings. The van der Waals surface area contributed by atoms with Crippen molar-refractivity contribution in [2.24, 2.45) is 17.8 Å². The van der Waals surface area contributed by atoms with Crippen LogP contribution in [0, 0.1) is 17.8 Å². The van der Waals surface area contributed by atoms with E-state index in [1.165, 1.54) is 6.92 Å². The van der Waals surface area contributed by atoms with Crippen molar-refractivity contribution in [1.82, 2.24) is 4.90 Å². The predicted octanol–water partition coefficient (Wildman–Crippen LogP) is 0.102. The average molecular weight is 211 g/mol. The van der Waals surface area contributed by atoms with E-state index in [4.69, 9.17) is 5.11 Å². The number of fused-ring (bicyclic) bond motifs is 1. The topological polar surface area (TPSA) is 74.7 Å². The molecule has 2 rings (SSSR count). The zero-order valence-corrected chi connectivity index (χ0v) is 8.47. The van der Waals surface area contributed by atoms with Crippen molar-refractivity contribution in [1.29, 1.82) is 0 Å². The first kappa shape index (κ1) is 10.1. The molecule has 5 nitrogen and oxygen atoms in total. The van der Waals surface area contributed by atoms with E-state index in [0.717, 1.165) is 17.7 Å². The molecule has 0 radical (unpaired) electrons. The van der Waals surface area contributed by atoms with Gasteiger partial charge in [0.05, 0.1) is 17.8 Å². The standard InChI is InChI=1S/C10H13NO4/c1-5(10(14)15)4-11-8(12)6-2-3-7(6)9(11)13/h5-7H,2-4H2,1H3,(H,14,15)/t5?,6-,7+. The third kappa shape index (κ3) is 1.42. The van der Waals surface area contributed by atoms with E-state index >= 15 is 0 Å². The second-order valence-electron chi connectivity index (χ2n) is 4.32. The SMILES string of the molecule is CC(CN1C(=O)[C@H]2CC[C@H]2C1=O)C(=O)O. The number of hydrogen-bond donors (Lipinski definition) is 1. The Balaban J connectivity index is 2.06. The van der Waals surface area contributed by atoms with E-state index in [1.807, 2.05) is 0 Å². The van der Waals surface area contributed by atoms with Gasteiger partial charge in [-0.1, -0.05) is 6.92 Å². The number of amides is 2. The molecule has 0 bridgehead atoms. The Kier molecular flexibility index (Phi) is 2.25. The second-order valence-corrected chi connectivity index (χ2v) is 4.32. The molecule has 82 valence electrons. The second kappa shape index (κ2) is 3.32. The maximum atomic E-state index is 11.6. The fourth-order valence-corrected chi connectivity index (χ4v) is 2.13. The molecule has 1 heterocycles. The molecule has 2 aliphatic rings. The Labute approximate surface area is 87.1 Å². The van der Waals surface area contributed by atoms with Gasteiger partial charge in [-0.05, 0) is 12.8 Å². The first-order valence-electron chi connectivity index (χ1n) is 5.10. The van der Waals surface area contributed by atoms with E-state index in [0.29, 0.717) is 0 Å². The van der Waals surface area contributed by atoms with Crippen LogP contribution in [-0.4, -0.2) is 34.3 Å². The predicted molar refractivity (Wildman–Crippen MR) is 49.7 cm³/mol. The molecule has 15 heavy (non-hydrogen) atoms. The van der Waals surface area contributed by atoms with Crippen LogP contribution in [-0.2, 0) is 14.4 Å². The van der Waals surface area contributed by atoms with E-state index in [2.05, 4.69) is 0 Å². The molecule has 1 aliphatic carbocycles. The Bertz CT molecular complexity index is 316. The maximum absolute atomic E-state index is 11.6. The van der Waals surface area contributed by atoms with Crippen molar-refractivity contribution in [3.8, 4) is 0 Å². The smallest absolute Gasteiger partial charge is 0.308 e. The minimum Gasteiger partial charge on any atom is -0.481 e. The molecule has 5 heteroatoms. The lowest BCUT2D eigenvalue weighted by Gasteiger charge is -2.24. The summed E-state index contributed by atoms with van der Waals surface area (Å²) in [6.45, 7) is 1.52. The van der Waals surface area contributed by atoms with Gasteiger partial charge in [-0.2, -0.15) is 0 Å². The molecule has 1 N–H and O–H groups in total. The number of carboxylic acids is 1. The minimum atomic E-state index is -0.977. The Hall–Kier alpha value is -1.39. The molecule has 0 aromatic rings. The van der Waals surface area contributed by atoms with Gasteiger partial charge >= 0.3 is 5.97 Å². The van der Waals surface area contributed by atoms with Crippen molar-refractivity contribution >= 4 is 17.8 Å². The molecule has 0 aromatic carbocycles. The average Bonchev–Trinajstić information content (AvgIpc) is 2.23. The van der Waals surface area contributed by atoms with Crippen LogP contribution in [0.5, 0.6) is 0 Å². The van der Waals surface area contributed by atoms with Gasteiger partial charge in [-0.3, -0.25) is 19.3 Å². The third-order valence-electron chi connectivity index (χ3n) is 3.32. The number of aliphatic carboxylic acids is 1. The lowest BCUT2D eigenvalue weighted by atomic mass is 9.76.